The minimum absolute atomic E-state index is 0.195. The fourth-order valence-corrected chi connectivity index (χ4v) is 1.67. The van der Waals surface area contributed by atoms with Gasteiger partial charge in [0.2, 0.25) is 0 Å². The smallest absolute Gasteiger partial charge is 0.259 e. The van der Waals surface area contributed by atoms with Gasteiger partial charge in [0.25, 0.3) is 5.91 Å². The molecular formula is C13H17N5O. The number of nitrogens with zero attached hydrogens (tertiary/aromatic N) is 3. The van der Waals surface area contributed by atoms with Crippen LogP contribution in [0.15, 0.2) is 30.9 Å². The quantitative estimate of drug-likeness (QED) is 0.860. The summed E-state index contributed by atoms with van der Waals surface area (Å²) in [4.78, 5) is 16.2. The summed E-state index contributed by atoms with van der Waals surface area (Å²) in [5, 5.41) is 10.0. The van der Waals surface area contributed by atoms with E-state index in [1.807, 2.05) is 0 Å². The third kappa shape index (κ3) is 3.31. The van der Waals surface area contributed by atoms with E-state index in [0.717, 1.165) is 18.7 Å². The molecule has 0 fully saturated rings. The third-order valence-electron chi connectivity index (χ3n) is 2.59. The zero-order chi connectivity index (χ0) is 13.7. The first kappa shape index (κ1) is 13.1. The second kappa shape index (κ2) is 5.99. The SMILES string of the molecule is CCCNc1ccncc1C(=O)Nc1cnn(C)c1. The molecule has 6 heteroatoms. The molecule has 19 heavy (non-hydrogen) atoms. The van der Waals surface area contributed by atoms with Gasteiger partial charge in [0.05, 0.1) is 23.1 Å². The Hall–Kier alpha value is -2.37. The number of amides is 1. The predicted octanol–water partition coefficient (Wildman–Crippen LogP) is 1.89. The van der Waals surface area contributed by atoms with Crippen LogP contribution in [0, 0.1) is 0 Å². The van der Waals surface area contributed by atoms with Gasteiger partial charge in [0, 0.05) is 32.2 Å². The van der Waals surface area contributed by atoms with Crippen LogP contribution in [0.2, 0.25) is 0 Å². The van der Waals surface area contributed by atoms with Gasteiger partial charge < -0.3 is 10.6 Å². The highest BCUT2D eigenvalue weighted by Crippen LogP contribution is 2.15. The summed E-state index contributed by atoms with van der Waals surface area (Å²) in [5.74, 6) is -0.195. The summed E-state index contributed by atoms with van der Waals surface area (Å²) in [5.41, 5.74) is 1.98. The Morgan fingerprint density at radius 3 is 2.95 bits per heavy atom. The number of pyridine rings is 1. The fourth-order valence-electron chi connectivity index (χ4n) is 1.67. The van der Waals surface area contributed by atoms with Gasteiger partial charge in [-0.25, -0.2) is 0 Å². The van der Waals surface area contributed by atoms with Crippen molar-refractivity contribution in [3.63, 3.8) is 0 Å². The van der Waals surface area contributed by atoms with Gasteiger partial charge in [0.15, 0.2) is 0 Å². The average Bonchev–Trinajstić information content (AvgIpc) is 2.82. The summed E-state index contributed by atoms with van der Waals surface area (Å²) in [7, 11) is 1.80. The highest BCUT2D eigenvalue weighted by Gasteiger charge is 2.12. The molecule has 2 rings (SSSR count). The normalized spacial score (nSPS) is 10.2. The molecule has 0 aliphatic heterocycles. The number of carbonyl (C=O) groups excluding carboxylic acids is 1. The number of carbonyl (C=O) groups is 1. The largest absolute Gasteiger partial charge is 0.384 e. The summed E-state index contributed by atoms with van der Waals surface area (Å²) in [6.45, 7) is 2.89. The molecule has 0 aromatic carbocycles. The van der Waals surface area contributed by atoms with Crippen molar-refractivity contribution >= 4 is 17.3 Å². The van der Waals surface area contributed by atoms with Gasteiger partial charge in [-0.15, -0.1) is 0 Å². The minimum atomic E-state index is -0.195. The lowest BCUT2D eigenvalue weighted by Gasteiger charge is -2.10. The molecule has 0 saturated heterocycles. The maximum Gasteiger partial charge on any atom is 0.259 e. The lowest BCUT2D eigenvalue weighted by atomic mass is 10.2. The van der Waals surface area contributed by atoms with Gasteiger partial charge in [0.1, 0.15) is 0 Å². The molecule has 0 aliphatic rings. The van der Waals surface area contributed by atoms with Crippen LogP contribution in [0.5, 0.6) is 0 Å². The van der Waals surface area contributed by atoms with Gasteiger partial charge in [-0.05, 0) is 12.5 Å². The van der Waals surface area contributed by atoms with E-state index in [1.165, 1.54) is 0 Å². The molecule has 100 valence electrons. The molecule has 1 amide bonds. The lowest BCUT2D eigenvalue weighted by Crippen LogP contribution is -2.15. The Morgan fingerprint density at radius 2 is 2.26 bits per heavy atom. The van der Waals surface area contributed by atoms with Crippen molar-refractivity contribution in [2.24, 2.45) is 7.05 Å². The molecule has 0 aliphatic carbocycles. The Bertz CT molecular complexity index is 564. The number of aryl methyl sites for hydroxylation is 1. The highest BCUT2D eigenvalue weighted by molar-refractivity contribution is 6.07. The van der Waals surface area contributed by atoms with E-state index in [9.17, 15) is 4.79 Å². The first-order valence-electron chi connectivity index (χ1n) is 6.18. The fraction of sp³-hybridized carbons (Fsp3) is 0.308. The van der Waals surface area contributed by atoms with E-state index in [1.54, 1.807) is 42.6 Å². The molecule has 6 nitrogen and oxygen atoms in total. The van der Waals surface area contributed by atoms with E-state index < -0.39 is 0 Å². The van der Waals surface area contributed by atoms with E-state index >= 15 is 0 Å². The Kier molecular flexibility index (Phi) is 4.12. The summed E-state index contributed by atoms with van der Waals surface area (Å²) in [6.07, 6.45) is 7.56. The van der Waals surface area contributed by atoms with E-state index in [-0.39, 0.29) is 5.91 Å². The van der Waals surface area contributed by atoms with E-state index in [2.05, 4.69) is 27.6 Å². The summed E-state index contributed by atoms with van der Waals surface area (Å²) >= 11 is 0. The molecule has 0 saturated carbocycles. The van der Waals surface area contributed by atoms with Crippen LogP contribution in [0.1, 0.15) is 23.7 Å². The zero-order valence-corrected chi connectivity index (χ0v) is 11.1. The number of aromatic nitrogens is 3. The molecule has 0 radical (unpaired) electrons. The second-order valence-corrected chi connectivity index (χ2v) is 4.20. The number of hydrogen-bond donors (Lipinski definition) is 2. The zero-order valence-electron chi connectivity index (χ0n) is 11.1. The predicted molar refractivity (Wildman–Crippen MR) is 74.2 cm³/mol. The van der Waals surface area contributed by atoms with Crippen molar-refractivity contribution in [3.8, 4) is 0 Å². The summed E-state index contributed by atoms with van der Waals surface area (Å²) < 4.78 is 1.63. The molecule has 0 bridgehead atoms. The van der Waals surface area contributed by atoms with Crippen molar-refractivity contribution < 1.29 is 4.79 Å². The van der Waals surface area contributed by atoms with Crippen molar-refractivity contribution in [1.29, 1.82) is 0 Å². The van der Waals surface area contributed by atoms with Crippen LogP contribution < -0.4 is 10.6 Å². The van der Waals surface area contributed by atoms with Gasteiger partial charge in [-0.3, -0.25) is 14.5 Å². The molecule has 0 atom stereocenters. The van der Waals surface area contributed by atoms with Crippen LogP contribution in [0.4, 0.5) is 11.4 Å². The van der Waals surface area contributed by atoms with Crippen LogP contribution in [-0.2, 0) is 7.05 Å². The molecule has 2 aromatic heterocycles. The number of anilines is 2. The molecule has 0 spiro atoms. The van der Waals surface area contributed by atoms with Gasteiger partial charge in [-0.2, -0.15) is 5.10 Å². The molecule has 2 N–H and O–H groups in total. The molecular weight excluding hydrogens is 242 g/mol. The van der Waals surface area contributed by atoms with Crippen LogP contribution in [-0.4, -0.2) is 27.2 Å². The van der Waals surface area contributed by atoms with E-state index in [4.69, 9.17) is 0 Å². The first-order chi connectivity index (χ1) is 9.20. The number of hydrogen-bond acceptors (Lipinski definition) is 4. The maximum atomic E-state index is 12.2. The lowest BCUT2D eigenvalue weighted by molar-refractivity contribution is 0.102. The minimum Gasteiger partial charge on any atom is -0.384 e. The van der Waals surface area contributed by atoms with Crippen LogP contribution in [0.25, 0.3) is 0 Å². The van der Waals surface area contributed by atoms with Gasteiger partial charge >= 0.3 is 0 Å². The average molecular weight is 259 g/mol. The Labute approximate surface area is 111 Å². The maximum absolute atomic E-state index is 12.2. The highest BCUT2D eigenvalue weighted by atomic mass is 16.1. The topological polar surface area (TPSA) is 71.8 Å². The van der Waals surface area contributed by atoms with Crippen molar-refractivity contribution in [1.82, 2.24) is 14.8 Å². The standard InChI is InChI=1S/C13H17N5O/c1-3-5-15-12-4-6-14-8-11(12)13(19)17-10-7-16-18(2)9-10/h4,6-9H,3,5H2,1-2H3,(H,14,15)(H,17,19). The summed E-state index contributed by atoms with van der Waals surface area (Å²) in [6, 6.07) is 1.80. The number of rotatable bonds is 5. The van der Waals surface area contributed by atoms with Crippen LogP contribution in [0.3, 0.4) is 0 Å². The molecule has 2 heterocycles. The number of nitrogens with one attached hydrogen (secondary N) is 2. The van der Waals surface area contributed by atoms with Crippen molar-refractivity contribution in [2.45, 2.75) is 13.3 Å². The van der Waals surface area contributed by atoms with E-state index in [0.29, 0.717) is 11.3 Å². The first-order valence-corrected chi connectivity index (χ1v) is 6.18. The third-order valence-corrected chi connectivity index (χ3v) is 2.59. The van der Waals surface area contributed by atoms with Crippen molar-refractivity contribution in [3.05, 3.63) is 36.4 Å². The Balaban J connectivity index is 2.14. The van der Waals surface area contributed by atoms with Crippen LogP contribution >= 0.6 is 0 Å². The van der Waals surface area contributed by atoms with Crippen molar-refractivity contribution in [2.75, 3.05) is 17.2 Å². The van der Waals surface area contributed by atoms with Gasteiger partial charge in [-0.1, -0.05) is 6.92 Å². The Morgan fingerprint density at radius 1 is 1.42 bits per heavy atom. The monoisotopic (exact) mass is 259 g/mol. The molecule has 2 aromatic rings. The second-order valence-electron chi connectivity index (χ2n) is 4.20. The molecule has 0 unspecified atom stereocenters.